The van der Waals surface area contributed by atoms with Crippen LogP contribution in [0.5, 0.6) is 0 Å². The molecule has 0 fully saturated rings. The van der Waals surface area contributed by atoms with E-state index < -0.39 is 5.37 Å². The molecule has 0 radical (unpaired) electrons. The molecular weight excluding hydrogens is 358 g/mol. The first-order valence-corrected chi connectivity index (χ1v) is 9.29. The van der Waals surface area contributed by atoms with Crippen LogP contribution in [0, 0.1) is 6.92 Å². The molecule has 1 aliphatic rings. The Balaban J connectivity index is 1.75. The van der Waals surface area contributed by atoms with Crippen LogP contribution in [0.4, 0.5) is 0 Å². The number of amidine groups is 1. The van der Waals surface area contributed by atoms with Crippen LogP contribution in [0.3, 0.4) is 0 Å². The minimum Gasteiger partial charge on any atom is -0.451 e. The van der Waals surface area contributed by atoms with Gasteiger partial charge >= 0.3 is 0 Å². The lowest BCUT2D eigenvalue weighted by Gasteiger charge is -2.16. The minimum atomic E-state index is -0.424. The number of amides is 2. The third-order valence-electron chi connectivity index (χ3n) is 3.33. The molecule has 2 amide bonds. The summed E-state index contributed by atoms with van der Waals surface area (Å²) in [6, 6.07) is 11.9. The number of hydrazone groups is 1. The maximum absolute atomic E-state index is 11.8. The normalized spacial score (nSPS) is 16.7. The van der Waals surface area contributed by atoms with Crippen molar-refractivity contribution in [2.45, 2.75) is 36.1 Å². The lowest BCUT2D eigenvalue weighted by Crippen LogP contribution is -2.25. The highest BCUT2D eigenvalue weighted by Crippen LogP contribution is 2.41. The fourth-order valence-corrected chi connectivity index (χ4v) is 4.06. The molecule has 8 heteroatoms. The van der Waals surface area contributed by atoms with E-state index in [0.29, 0.717) is 10.9 Å². The van der Waals surface area contributed by atoms with E-state index in [4.69, 9.17) is 4.42 Å². The minimum absolute atomic E-state index is 0.220. The number of hydrogen-bond donors (Lipinski definition) is 1. The second-order valence-corrected chi connectivity index (χ2v) is 7.64. The van der Waals surface area contributed by atoms with Crippen LogP contribution in [0.2, 0.25) is 0 Å². The molecule has 1 unspecified atom stereocenters. The topological polar surface area (TPSA) is 74.9 Å². The molecule has 3 rings (SSSR count). The zero-order valence-corrected chi connectivity index (χ0v) is 15.6. The van der Waals surface area contributed by atoms with Gasteiger partial charge in [-0.1, -0.05) is 41.2 Å². The van der Waals surface area contributed by atoms with Crippen LogP contribution in [-0.2, 0) is 9.59 Å². The molecule has 0 saturated heterocycles. The molecule has 2 heterocycles. The summed E-state index contributed by atoms with van der Waals surface area (Å²) in [5.41, 5.74) is 1.20. The van der Waals surface area contributed by atoms with Gasteiger partial charge in [0, 0.05) is 18.7 Å². The number of carbonyl (C=O) groups is 2. The Morgan fingerprint density at radius 2 is 1.92 bits per heavy atom. The molecule has 0 spiro atoms. The summed E-state index contributed by atoms with van der Waals surface area (Å²) >= 11 is 2.78. The second-order valence-electron chi connectivity index (χ2n) is 5.49. The van der Waals surface area contributed by atoms with Crippen molar-refractivity contribution in [3.63, 3.8) is 0 Å². The first kappa shape index (κ1) is 17.6. The van der Waals surface area contributed by atoms with Crippen LogP contribution < -0.4 is 5.32 Å². The molecule has 0 bridgehead atoms. The summed E-state index contributed by atoms with van der Waals surface area (Å²) in [5, 5.41) is 8.77. The number of furan rings is 1. The molecule has 6 nitrogen and oxygen atoms in total. The Bertz CT molecular complexity index is 830. The van der Waals surface area contributed by atoms with Gasteiger partial charge in [0.15, 0.2) is 15.6 Å². The van der Waals surface area contributed by atoms with Crippen LogP contribution in [0.15, 0.2) is 55.9 Å². The van der Waals surface area contributed by atoms with Gasteiger partial charge in [-0.05, 0) is 31.2 Å². The van der Waals surface area contributed by atoms with Gasteiger partial charge in [0.05, 0.1) is 0 Å². The number of aryl methyl sites for hydroxylation is 1. The van der Waals surface area contributed by atoms with Gasteiger partial charge < -0.3 is 9.73 Å². The van der Waals surface area contributed by atoms with Crippen molar-refractivity contribution in [3.05, 3.63) is 47.7 Å². The van der Waals surface area contributed by atoms with Crippen molar-refractivity contribution >= 4 is 40.5 Å². The number of thioether (sulfide) groups is 1. The summed E-state index contributed by atoms with van der Waals surface area (Å²) in [7, 11) is 0. The Labute approximate surface area is 154 Å². The Hall–Kier alpha value is -2.19. The van der Waals surface area contributed by atoms with Crippen molar-refractivity contribution in [1.82, 2.24) is 10.3 Å². The zero-order chi connectivity index (χ0) is 18.0. The van der Waals surface area contributed by atoms with Crippen molar-refractivity contribution in [2.75, 3.05) is 0 Å². The highest BCUT2D eigenvalue weighted by molar-refractivity contribution is 8.14. The van der Waals surface area contributed by atoms with E-state index >= 15 is 0 Å². The van der Waals surface area contributed by atoms with Gasteiger partial charge in [-0.15, -0.1) is 5.10 Å². The van der Waals surface area contributed by atoms with Gasteiger partial charge in [-0.25, -0.2) is 5.01 Å². The van der Waals surface area contributed by atoms with Gasteiger partial charge in [-0.3, -0.25) is 9.59 Å². The number of rotatable bonds is 3. The third kappa shape index (κ3) is 4.26. The molecule has 130 valence electrons. The zero-order valence-electron chi connectivity index (χ0n) is 14.0. The highest BCUT2D eigenvalue weighted by atomic mass is 32.2. The summed E-state index contributed by atoms with van der Waals surface area (Å²) < 4.78 is 5.90. The second kappa shape index (κ2) is 7.37. The third-order valence-corrected chi connectivity index (χ3v) is 5.33. The van der Waals surface area contributed by atoms with Crippen LogP contribution >= 0.6 is 23.5 Å². The van der Waals surface area contributed by atoms with Crippen molar-refractivity contribution in [3.8, 4) is 0 Å². The van der Waals surface area contributed by atoms with Gasteiger partial charge in [-0.2, -0.15) is 0 Å². The molecule has 25 heavy (non-hydrogen) atoms. The van der Waals surface area contributed by atoms with Crippen LogP contribution in [0.1, 0.15) is 30.5 Å². The van der Waals surface area contributed by atoms with E-state index in [2.05, 4.69) is 10.4 Å². The first-order valence-electron chi connectivity index (χ1n) is 7.59. The number of carbonyl (C=O) groups excluding carboxylic acids is 2. The summed E-state index contributed by atoms with van der Waals surface area (Å²) in [6.45, 7) is 4.87. The molecular formula is C17H17N3O3S2. The number of hydrogen-bond acceptors (Lipinski definition) is 6. The van der Waals surface area contributed by atoms with E-state index in [9.17, 15) is 9.59 Å². The monoisotopic (exact) mass is 375 g/mol. The maximum Gasteiger partial charge on any atom is 0.241 e. The SMILES string of the molecule is CC(=O)NC1=NN(C(C)=O)C(c2ccc(Sc3ccc(C)cc3)o2)S1. The fraction of sp³-hybridized carbons (Fsp3) is 0.235. The molecule has 1 N–H and O–H groups in total. The molecule has 1 aliphatic heterocycles. The van der Waals surface area contributed by atoms with Crippen LogP contribution in [0.25, 0.3) is 0 Å². The predicted octanol–water partition coefficient (Wildman–Crippen LogP) is 3.74. The smallest absolute Gasteiger partial charge is 0.241 e. The average Bonchev–Trinajstić information content (AvgIpc) is 3.16. The van der Waals surface area contributed by atoms with Crippen molar-refractivity contribution < 1.29 is 14.0 Å². The van der Waals surface area contributed by atoms with Gasteiger partial charge in [0.1, 0.15) is 5.76 Å². The Kier molecular flexibility index (Phi) is 5.19. The van der Waals surface area contributed by atoms with E-state index in [-0.39, 0.29) is 11.8 Å². The molecule has 2 aromatic rings. The quantitative estimate of drug-likeness (QED) is 0.884. The Morgan fingerprint density at radius 1 is 1.20 bits per heavy atom. The largest absolute Gasteiger partial charge is 0.451 e. The van der Waals surface area contributed by atoms with Crippen molar-refractivity contribution in [1.29, 1.82) is 0 Å². The summed E-state index contributed by atoms with van der Waals surface area (Å²) in [5.74, 6) is 0.159. The van der Waals surface area contributed by atoms with E-state index in [1.807, 2.05) is 43.3 Å². The van der Waals surface area contributed by atoms with Gasteiger partial charge in [0.25, 0.3) is 0 Å². The lowest BCUT2D eigenvalue weighted by atomic mass is 10.2. The molecule has 1 aromatic carbocycles. The van der Waals surface area contributed by atoms with Crippen molar-refractivity contribution in [2.24, 2.45) is 5.10 Å². The number of nitrogens with one attached hydrogen (secondary N) is 1. The number of nitrogens with zero attached hydrogens (tertiary/aromatic N) is 2. The summed E-state index contributed by atoms with van der Waals surface area (Å²) in [6.07, 6.45) is 0. The molecule has 1 atom stereocenters. The van der Waals surface area contributed by atoms with Gasteiger partial charge in [0.2, 0.25) is 11.8 Å². The average molecular weight is 375 g/mol. The molecule has 0 saturated carbocycles. The number of benzene rings is 1. The molecule has 1 aromatic heterocycles. The molecule has 0 aliphatic carbocycles. The van der Waals surface area contributed by atoms with E-state index in [0.717, 1.165) is 9.99 Å². The fourth-order valence-electron chi connectivity index (χ4n) is 2.19. The standard InChI is InChI=1S/C17H17N3O3S2/c1-10-4-6-13(7-5-10)24-15-9-8-14(23-15)16-20(12(3)22)19-17(25-16)18-11(2)21/h4-9,16H,1-3H3,(H,18,19,21). The Morgan fingerprint density at radius 3 is 2.56 bits per heavy atom. The van der Waals surface area contributed by atoms with Crippen LogP contribution in [-0.4, -0.2) is 22.0 Å². The summed E-state index contributed by atoms with van der Waals surface area (Å²) in [4.78, 5) is 24.1. The maximum atomic E-state index is 11.8. The highest BCUT2D eigenvalue weighted by Gasteiger charge is 2.34. The predicted molar refractivity (Wildman–Crippen MR) is 98.1 cm³/mol. The van der Waals surface area contributed by atoms with E-state index in [1.165, 1.54) is 47.9 Å². The lowest BCUT2D eigenvalue weighted by molar-refractivity contribution is -0.129. The first-order chi connectivity index (χ1) is 11.9. The van der Waals surface area contributed by atoms with E-state index in [1.54, 1.807) is 0 Å².